The van der Waals surface area contributed by atoms with Crippen LogP contribution in [0.3, 0.4) is 0 Å². The van der Waals surface area contributed by atoms with E-state index in [1.54, 1.807) is 18.2 Å². The number of benzene rings is 3. The van der Waals surface area contributed by atoms with E-state index >= 15 is 0 Å². The molecular weight excluding hydrogens is 371 g/mol. The van der Waals surface area contributed by atoms with Crippen molar-refractivity contribution < 1.29 is 19.1 Å². The Labute approximate surface area is 168 Å². The number of nitrogens with one attached hydrogen (secondary N) is 1. The monoisotopic (exact) mass is 392 g/mol. The van der Waals surface area contributed by atoms with Crippen molar-refractivity contribution in [2.75, 3.05) is 16.8 Å². The second-order valence-corrected chi connectivity index (χ2v) is 6.47. The van der Waals surface area contributed by atoms with Crippen molar-refractivity contribution in [2.45, 2.75) is 13.5 Å². The highest BCUT2D eigenvalue weighted by molar-refractivity contribution is 6.05. The predicted octanol–water partition coefficient (Wildman–Crippen LogP) is 4.80. The van der Waals surface area contributed by atoms with Crippen molar-refractivity contribution >= 4 is 23.3 Å². The van der Waals surface area contributed by atoms with Gasteiger partial charge in [-0.2, -0.15) is 0 Å². The molecule has 0 aliphatic carbocycles. The number of carbonyl (C=O) groups excluding carboxylic acids is 1. The fraction of sp³-hybridized carbons (Fsp3) is 0.130. The SMILES string of the molecule is CCN(Cc1ccccc1)c1ccc(NC(=O)c2ccccc2F)cc1C(=O)O. The second-order valence-electron chi connectivity index (χ2n) is 6.47. The number of nitrogens with zero attached hydrogens (tertiary/aromatic N) is 1. The fourth-order valence-corrected chi connectivity index (χ4v) is 3.08. The average molecular weight is 392 g/mol. The molecule has 0 fully saturated rings. The lowest BCUT2D eigenvalue weighted by molar-refractivity contribution is 0.0697. The van der Waals surface area contributed by atoms with Gasteiger partial charge >= 0.3 is 5.97 Å². The minimum absolute atomic E-state index is 0.0640. The van der Waals surface area contributed by atoms with E-state index in [9.17, 15) is 19.1 Å². The van der Waals surface area contributed by atoms with Crippen LogP contribution in [-0.2, 0) is 6.54 Å². The Bertz CT molecular complexity index is 1020. The first-order valence-corrected chi connectivity index (χ1v) is 9.21. The third kappa shape index (κ3) is 4.79. The minimum atomic E-state index is -1.10. The lowest BCUT2D eigenvalue weighted by atomic mass is 10.1. The zero-order chi connectivity index (χ0) is 20.8. The first kappa shape index (κ1) is 20.1. The molecule has 148 valence electrons. The number of halogens is 1. The Balaban J connectivity index is 1.87. The van der Waals surface area contributed by atoms with Crippen LogP contribution in [-0.4, -0.2) is 23.5 Å². The summed E-state index contributed by atoms with van der Waals surface area (Å²) >= 11 is 0. The zero-order valence-corrected chi connectivity index (χ0v) is 15.9. The van der Waals surface area contributed by atoms with Crippen LogP contribution in [0.4, 0.5) is 15.8 Å². The molecule has 0 bridgehead atoms. The van der Waals surface area contributed by atoms with Crippen molar-refractivity contribution in [3.05, 3.63) is 95.3 Å². The molecule has 2 N–H and O–H groups in total. The third-order valence-electron chi connectivity index (χ3n) is 4.54. The molecule has 3 rings (SSSR count). The molecule has 3 aromatic carbocycles. The lowest BCUT2D eigenvalue weighted by Crippen LogP contribution is -2.24. The molecule has 0 aromatic heterocycles. The van der Waals surface area contributed by atoms with E-state index in [1.165, 1.54) is 24.3 Å². The topological polar surface area (TPSA) is 69.6 Å². The van der Waals surface area contributed by atoms with E-state index in [4.69, 9.17) is 0 Å². The first-order valence-electron chi connectivity index (χ1n) is 9.21. The van der Waals surface area contributed by atoms with E-state index in [1.807, 2.05) is 42.2 Å². The molecule has 3 aromatic rings. The van der Waals surface area contributed by atoms with E-state index in [-0.39, 0.29) is 16.8 Å². The molecular formula is C23H21FN2O3. The molecule has 29 heavy (non-hydrogen) atoms. The lowest BCUT2D eigenvalue weighted by Gasteiger charge is -2.25. The number of carboxylic acids is 1. The van der Waals surface area contributed by atoms with Crippen LogP contribution in [0, 0.1) is 5.82 Å². The number of carboxylic acid groups (broad SMARTS) is 1. The summed E-state index contributed by atoms with van der Waals surface area (Å²) in [5.41, 5.74) is 1.85. The van der Waals surface area contributed by atoms with Gasteiger partial charge in [0.2, 0.25) is 0 Å². The van der Waals surface area contributed by atoms with E-state index in [0.29, 0.717) is 18.8 Å². The van der Waals surface area contributed by atoms with Crippen LogP contribution in [0.5, 0.6) is 0 Å². The van der Waals surface area contributed by atoms with Crippen LogP contribution in [0.25, 0.3) is 0 Å². The Morgan fingerprint density at radius 3 is 2.31 bits per heavy atom. The van der Waals surface area contributed by atoms with Crippen LogP contribution < -0.4 is 10.2 Å². The maximum Gasteiger partial charge on any atom is 0.337 e. The summed E-state index contributed by atoms with van der Waals surface area (Å²) in [4.78, 5) is 26.1. The van der Waals surface area contributed by atoms with E-state index in [0.717, 1.165) is 5.56 Å². The molecule has 5 nitrogen and oxygen atoms in total. The number of amides is 1. The highest BCUT2D eigenvalue weighted by Crippen LogP contribution is 2.26. The average Bonchev–Trinajstić information content (AvgIpc) is 2.73. The summed E-state index contributed by atoms with van der Waals surface area (Å²) in [6.45, 7) is 3.11. The van der Waals surface area contributed by atoms with Gasteiger partial charge in [0, 0.05) is 18.8 Å². The van der Waals surface area contributed by atoms with Crippen molar-refractivity contribution in [3.63, 3.8) is 0 Å². The standard InChI is InChI=1S/C23H21FN2O3/c1-2-26(15-16-8-4-3-5-9-16)21-13-12-17(14-19(21)23(28)29)25-22(27)18-10-6-7-11-20(18)24/h3-14H,2,15H2,1H3,(H,25,27)(H,28,29). The maximum absolute atomic E-state index is 13.8. The Morgan fingerprint density at radius 1 is 0.966 bits per heavy atom. The van der Waals surface area contributed by atoms with Gasteiger partial charge in [0.25, 0.3) is 5.91 Å². The van der Waals surface area contributed by atoms with Crippen LogP contribution in [0.1, 0.15) is 33.2 Å². The van der Waals surface area contributed by atoms with Crippen molar-refractivity contribution in [1.29, 1.82) is 0 Å². The van der Waals surface area contributed by atoms with Gasteiger partial charge < -0.3 is 15.3 Å². The zero-order valence-electron chi connectivity index (χ0n) is 15.9. The largest absolute Gasteiger partial charge is 0.478 e. The molecule has 0 unspecified atom stereocenters. The summed E-state index contributed by atoms with van der Waals surface area (Å²) in [6, 6.07) is 20.0. The van der Waals surface area contributed by atoms with Gasteiger partial charge in [-0.1, -0.05) is 42.5 Å². The number of aromatic carboxylic acids is 1. The Morgan fingerprint density at radius 2 is 1.66 bits per heavy atom. The van der Waals surface area contributed by atoms with E-state index in [2.05, 4.69) is 5.32 Å². The molecule has 6 heteroatoms. The van der Waals surface area contributed by atoms with Crippen molar-refractivity contribution in [2.24, 2.45) is 0 Å². The van der Waals surface area contributed by atoms with Crippen molar-refractivity contribution in [3.8, 4) is 0 Å². The van der Waals surface area contributed by atoms with Crippen molar-refractivity contribution in [1.82, 2.24) is 0 Å². The molecule has 0 atom stereocenters. The van der Waals surface area contributed by atoms with Crippen LogP contribution >= 0.6 is 0 Å². The molecule has 0 saturated carbocycles. The number of carbonyl (C=O) groups is 2. The number of hydrogen-bond acceptors (Lipinski definition) is 3. The Hall–Kier alpha value is -3.67. The molecule has 0 spiro atoms. The first-order chi connectivity index (χ1) is 14.0. The normalized spacial score (nSPS) is 10.4. The van der Waals surface area contributed by atoms with E-state index < -0.39 is 17.7 Å². The Kier molecular flexibility index (Phi) is 6.24. The molecule has 0 heterocycles. The molecule has 1 amide bonds. The van der Waals surface area contributed by atoms with Gasteiger partial charge in [-0.05, 0) is 42.8 Å². The molecule has 0 radical (unpaired) electrons. The number of hydrogen-bond donors (Lipinski definition) is 2. The highest BCUT2D eigenvalue weighted by atomic mass is 19.1. The van der Waals surface area contributed by atoms with Gasteiger partial charge in [0.1, 0.15) is 5.82 Å². The van der Waals surface area contributed by atoms with Gasteiger partial charge in [0.05, 0.1) is 16.8 Å². The quantitative estimate of drug-likeness (QED) is 0.606. The van der Waals surface area contributed by atoms with Gasteiger partial charge in [-0.25, -0.2) is 9.18 Å². The fourth-order valence-electron chi connectivity index (χ4n) is 3.08. The summed E-state index contributed by atoms with van der Waals surface area (Å²) in [7, 11) is 0. The number of anilines is 2. The van der Waals surface area contributed by atoms with Gasteiger partial charge in [0.15, 0.2) is 0 Å². The minimum Gasteiger partial charge on any atom is -0.478 e. The van der Waals surface area contributed by atoms with Crippen LogP contribution in [0.15, 0.2) is 72.8 Å². The summed E-state index contributed by atoms with van der Waals surface area (Å²) in [5, 5.41) is 12.3. The summed E-state index contributed by atoms with van der Waals surface area (Å²) in [5.74, 6) is -2.38. The van der Waals surface area contributed by atoms with Gasteiger partial charge in [-0.3, -0.25) is 4.79 Å². The maximum atomic E-state index is 13.8. The second kappa shape index (κ2) is 9.01. The molecule has 0 aliphatic heterocycles. The molecule has 0 aliphatic rings. The summed E-state index contributed by atoms with van der Waals surface area (Å²) < 4.78 is 13.8. The van der Waals surface area contributed by atoms with Crippen LogP contribution in [0.2, 0.25) is 0 Å². The predicted molar refractivity (Wildman–Crippen MR) is 111 cm³/mol. The summed E-state index contributed by atoms with van der Waals surface area (Å²) in [6.07, 6.45) is 0. The third-order valence-corrected chi connectivity index (χ3v) is 4.54. The molecule has 0 saturated heterocycles. The highest BCUT2D eigenvalue weighted by Gasteiger charge is 2.18. The number of rotatable bonds is 7. The smallest absolute Gasteiger partial charge is 0.337 e. The van der Waals surface area contributed by atoms with Gasteiger partial charge in [-0.15, -0.1) is 0 Å².